The predicted octanol–water partition coefficient (Wildman–Crippen LogP) is 7.03. The highest BCUT2D eigenvalue weighted by Crippen LogP contribution is 2.38. The number of carbonyl (C=O) groups is 3. The monoisotopic (exact) mass is 777 g/mol. The van der Waals surface area contributed by atoms with Gasteiger partial charge >= 0.3 is 11.9 Å². The molecule has 1 saturated heterocycles. The minimum Gasteiger partial charge on any atom is -0.756 e. The number of carboxylic acids is 1. The standard InChI is InChI=1S/C40H76NO11P/c1-3-5-7-9-11-12-13-14-15-16-17-21-25-29-38(42)48-31-34(32-49-53(46,47)50-33-35(41)40(44)45)51-39(43)30-26-22-18-20-24-28-37-36(52-37)27-23-19-10-8-6-4-2/h34-37H,3-33,41H2,1-2H3,(H,44,45)(H,46,47)/p-1/t34-,35+,36?,37?/m1/s1. The van der Waals surface area contributed by atoms with E-state index in [-0.39, 0.29) is 19.4 Å². The fourth-order valence-corrected chi connectivity index (χ4v) is 7.11. The van der Waals surface area contributed by atoms with Crippen molar-refractivity contribution >= 4 is 25.7 Å². The lowest BCUT2D eigenvalue weighted by atomic mass is 10.0. The van der Waals surface area contributed by atoms with E-state index >= 15 is 0 Å². The van der Waals surface area contributed by atoms with Crippen LogP contribution in [0, 0.1) is 0 Å². The van der Waals surface area contributed by atoms with Crippen LogP contribution in [0.15, 0.2) is 0 Å². The normalized spacial score (nSPS) is 17.6. The third-order valence-corrected chi connectivity index (χ3v) is 10.7. The molecular weight excluding hydrogens is 701 g/mol. The molecule has 0 aromatic heterocycles. The third kappa shape index (κ3) is 30.4. The second-order valence-corrected chi connectivity index (χ2v) is 16.3. The zero-order valence-corrected chi connectivity index (χ0v) is 34.3. The average Bonchev–Trinajstić information content (AvgIpc) is 3.89. The summed E-state index contributed by atoms with van der Waals surface area (Å²) in [6.07, 6.45) is 30.2. The molecule has 1 heterocycles. The minimum absolute atomic E-state index is 0.135. The van der Waals surface area contributed by atoms with Gasteiger partial charge in [-0.3, -0.25) is 14.2 Å². The van der Waals surface area contributed by atoms with Gasteiger partial charge in [-0.25, -0.2) is 0 Å². The molecule has 3 N–H and O–H groups in total. The van der Waals surface area contributed by atoms with Crippen LogP contribution in [0.2, 0.25) is 0 Å². The molecule has 0 spiro atoms. The number of ether oxygens (including phenoxy) is 3. The molecule has 12 nitrogen and oxygen atoms in total. The Kier molecular flexibility index (Phi) is 30.5. The minimum atomic E-state index is -4.95. The first kappa shape index (κ1) is 49.5. The lowest BCUT2D eigenvalue weighted by molar-refractivity contribution is -0.441. The number of unbranched alkanes of at least 4 members (excludes halogenated alkanes) is 21. The van der Waals surface area contributed by atoms with Gasteiger partial charge < -0.3 is 43.8 Å². The largest absolute Gasteiger partial charge is 0.756 e. The smallest absolute Gasteiger partial charge is 0.306 e. The van der Waals surface area contributed by atoms with Crippen molar-refractivity contribution in [2.24, 2.45) is 0 Å². The second kappa shape index (κ2) is 32.7. The molecule has 1 aliphatic rings. The number of hydrogen-bond donors (Lipinski definition) is 1. The van der Waals surface area contributed by atoms with Crippen LogP contribution in [0.3, 0.4) is 0 Å². The van der Waals surface area contributed by atoms with Gasteiger partial charge in [-0.15, -0.1) is 0 Å². The molecule has 0 radical (unpaired) electrons. The van der Waals surface area contributed by atoms with Crippen molar-refractivity contribution in [2.45, 2.75) is 218 Å². The Bertz CT molecular complexity index is 984. The number of phosphoric ester groups is 1. The summed E-state index contributed by atoms with van der Waals surface area (Å²) in [5, 5.41) is 10.8. The Morgan fingerprint density at radius 1 is 0.604 bits per heavy atom. The number of aliphatic carboxylic acids is 1. The van der Waals surface area contributed by atoms with Gasteiger partial charge in [0.1, 0.15) is 25.2 Å². The number of rotatable bonds is 39. The number of hydrogen-bond acceptors (Lipinski definition) is 11. The van der Waals surface area contributed by atoms with Gasteiger partial charge in [0.15, 0.2) is 6.10 Å². The predicted molar refractivity (Wildman–Crippen MR) is 201 cm³/mol. The average molecular weight is 777 g/mol. The van der Waals surface area contributed by atoms with Gasteiger partial charge in [0, 0.05) is 12.8 Å². The number of esters is 2. The van der Waals surface area contributed by atoms with Crippen LogP contribution in [-0.2, 0) is 42.2 Å². The SMILES string of the molecule is CCCCCCCCCCCCCCCC(=O)OC[C@H](COP(=O)([O-])OC[C@H]([NH3+])C(=O)[O-])OC(=O)CCCCCCCC1OC1CCCCCCCC. The van der Waals surface area contributed by atoms with E-state index in [4.69, 9.17) is 18.7 Å². The molecule has 5 atom stereocenters. The van der Waals surface area contributed by atoms with Crippen LogP contribution in [0.5, 0.6) is 0 Å². The van der Waals surface area contributed by atoms with E-state index in [0.717, 1.165) is 51.4 Å². The summed E-state index contributed by atoms with van der Waals surface area (Å²) in [5.41, 5.74) is 3.24. The maximum Gasteiger partial charge on any atom is 0.306 e. The Balaban J connectivity index is 2.29. The first-order chi connectivity index (χ1) is 25.6. The van der Waals surface area contributed by atoms with Crippen LogP contribution in [-0.4, -0.2) is 62.1 Å². The van der Waals surface area contributed by atoms with Crippen molar-refractivity contribution in [2.75, 3.05) is 19.8 Å². The molecule has 13 heteroatoms. The highest BCUT2D eigenvalue weighted by atomic mass is 31.2. The van der Waals surface area contributed by atoms with Crippen LogP contribution in [0.25, 0.3) is 0 Å². The first-order valence-electron chi connectivity index (χ1n) is 21.2. The maximum atomic E-state index is 12.6. The summed E-state index contributed by atoms with van der Waals surface area (Å²) >= 11 is 0. The molecule has 0 aliphatic carbocycles. The van der Waals surface area contributed by atoms with Crippen molar-refractivity contribution in [1.82, 2.24) is 0 Å². The molecular formula is C40H75NO11P-. The highest BCUT2D eigenvalue weighted by Gasteiger charge is 2.36. The number of quaternary nitrogens is 1. The second-order valence-electron chi connectivity index (χ2n) is 14.9. The van der Waals surface area contributed by atoms with Crippen molar-refractivity contribution in [3.8, 4) is 0 Å². The fraction of sp³-hybridized carbons (Fsp3) is 0.925. The van der Waals surface area contributed by atoms with E-state index in [0.29, 0.717) is 25.0 Å². The zero-order chi connectivity index (χ0) is 39.0. The van der Waals surface area contributed by atoms with Crippen LogP contribution < -0.4 is 15.7 Å². The van der Waals surface area contributed by atoms with Crippen molar-refractivity contribution < 1.29 is 57.9 Å². The van der Waals surface area contributed by atoms with Crippen molar-refractivity contribution in [3.05, 3.63) is 0 Å². The molecule has 0 saturated carbocycles. The van der Waals surface area contributed by atoms with E-state index in [1.54, 1.807) is 0 Å². The Labute approximate surface area is 320 Å². The summed E-state index contributed by atoms with van der Waals surface area (Å²) < 4.78 is 38.2. The highest BCUT2D eigenvalue weighted by molar-refractivity contribution is 7.45. The Morgan fingerprint density at radius 3 is 1.45 bits per heavy atom. The lowest BCUT2D eigenvalue weighted by Gasteiger charge is -2.26. The number of epoxide rings is 1. The van der Waals surface area contributed by atoms with E-state index in [1.165, 1.54) is 103 Å². The quantitative estimate of drug-likeness (QED) is 0.0292. The molecule has 312 valence electrons. The third-order valence-electron chi connectivity index (χ3n) is 9.80. The summed E-state index contributed by atoms with van der Waals surface area (Å²) in [4.78, 5) is 48.0. The van der Waals surface area contributed by atoms with Crippen LogP contribution >= 0.6 is 7.82 Å². The van der Waals surface area contributed by atoms with E-state index in [1.807, 2.05) is 0 Å². The van der Waals surface area contributed by atoms with Gasteiger partial charge in [0.25, 0.3) is 7.82 Å². The van der Waals surface area contributed by atoms with Gasteiger partial charge in [-0.2, -0.15) is 0 Å². The number of carboxylic acid groups (broad SMARTS) is 1. The molecule has 3 unspecified atom stereocenters. The molecule has 1 fully saturated rings. The van der Waals surface area contributed by atoms with Gasteiger partial charge in [-0.05, 0) is 25.7 Å². The summed E-state index contributed by atoms with van der Waals surface area (Å²) in [7, 11) is -4.95. The molecule has 0 bridgehead atoms. The number of carbonyl (C=O) groups excluding carboxylic acids is 3. The van der Waals surface area contributed by atoms with E-state index in [9.17, 15) is 28.9 Å². The van der Waals surface area contributed by atoms with Gasteiger partial charge in [0.2, 0.25) is 0 Å². The van der Waals surface area contributed by atoms with E-state index < -0.39 is 51.1 Å². The molecule has 1 aliphatic heterocycles. The first-order valence-corrected chi connectivity index (χ1v) is 22.7. The molecule has 1 rings (SSSR count). The van der Waals surface area contributed by atoms with Gasteiger partial charge in [-0.1, -0.05) is 155 Å². The summed E-state index contributed by atoms with van der Waals surface area (Å²) in [6, 6.07) is -1.42. The lowest BCUT2D eigenvalue weighted by Crippen LogP contribution is -2.70. The van der Waals surface area contributed by atoms with Crippen molar-refractivity contribution in [1.29, 1.82) is 0 Å². The molecule has 0 aromatic rings. The Hall–Kier alpha value is -1.56. The van der Waals surface area contributed by atoms with Crippen molar-refractivity contribution in [3.63, 3.8) is 0 Å². The van der Waals surface area contributed by atoms with Crippen LogP contribution in [0.1, 0.15) is 194 Å². The summed E-state index contributed by atoms with van der Waals surface area (Å²) in [6.45, 7) is 2.68. The zero-order valence-electron chi connectivity index (χ0n) is 33.4. The Morgan fingerprint density at radius 2 is 1.00 bits per heavy atom. The molecule has 0 aromatic carbocycles. The van der Waals surface area contributed by atoms with Crippen LogP contribution in [0.4, 0.5) is 0 Å². The van der Waals surface area contributed by atoms with E-state index in [2.05, 4.69) is 24.1 Å². The number of phosphoric acid groups is 1. The summed E-state index contributed by atoms with van der Waals surface area (Å²) in [5.74, 6) is -2.59. The molecule has 53 heavy (non-hydrogen) atoms. The fourth-order valence-electron chi connectivity index (χ4n) is 6.33. The molecule has 0 amide bonds. The van der Waals surface area contributed by atoms with Gasteiger partial charge in [0.05, 0.1) is 18.8 Å². The maximum absolute atomic E-state index is 12.6. The topological polar surface area (TPSA) is 191 Å².